The summed E-state index contributed by atoms with van der Waals surface area (Å²) < 4.78 is 11.3. The molecule has 5 nitrogen and oxygen atoms in total. The highest BCUT2D eigenvalue weighted by Gasteiger charge is 2.38. The lowest BCUT2D eigenvalue weighted by atomic mass is 9.74. The summed E-state index contributed by atoms with van der Waals surface area (Å²) in [6.45, 7) is 4.61. The average Bonchev–Trinajstić information content (AvgIpc) is 3.62. The Hall–Kier alpha value is -5.46. The van der Waals surface area contributed by atoms with Crippen LogP contribution < -0.4 is 9.64 Å². The van der Waals surface area contributed by atoms with E-state index in [9.17, 15) is 0 Å². The van der Waals surface area contributed by atoms with Gasteiger partial charge in [-0.1, -0.05) is 68.4 Å². The van der Waals surface area contributed by atoms with Crippen molar-refractivity contribution in [1.82, 2.24) is 14.5 Å². The van der Waals surface area contributed by atoms with Crippen LogP contribution in [0.4, 0.5) is 17.2 Å². The summed E-state index contributed by atoms with van der Waals surface area (Å²) >= 11 is 1.86. The van der Waals surface area contributed by atoms with E-state index in [0.29, 0.717) is 0 Å². The molecule has 3 aromatic heterocycles. The highest BCUT2D eigenvalue weighted by Crippen LogP contribution is 2.53. The normalized spacial score (nSPS) is 13.7. The van der Waals surface area contributed by atoms with Gasteiger partial charge in [0.1, 0.15) is 23.1 Å². The molecule has 0 radical (unpaired) electrons. The number of hydrogen-bond acceptors (Lipinski definition) is 5. The Morgan fingerprint density at radius 3 is 2.39 bits per heavy atom. The molecule has 0 N–H and O–H groups in total. The lowest BCUT2D eigenvalue weighted by molar-refractivity contribution is 0.483. The number of thiophene rings is 1. The summed E-state index contributed by atoms with van der Waals surface area (Å²) in [6.07, 6.45) is 1.89. The molecular weight excluding hydrogens is 585 g/mol. The van der Waals surface area contributed by atoms with Gasteiger partial charge in [0.05, 0.1) is 22.4 Å². The minimum absolute atomic E-state index is 0.218. The zero-order valence-corrected chi connectivity index (χ0v) is 26.5. The number of imidazole rings is 1. The van der Waals surface area contributed by atoms with Gasteiger partial charge in [-0.2, -0.15) is 0 Å². The standard InChI is InChI=1S/C40H30N4OS/c1-40(2)31-16-10-20-41-39(31)44(35-23-30-29-15-4-7-19-36(29)46-37(30)24-32(35)40)26-12-9-14-28(22-26)45-27-13-8-11-25(21-27)38-42-33-17-5-6-18-34(33)43(38)3/h4-24H,1-3H3. The van der Waals surface area contributed by atoms with E-state index in [4.69, 9.17) is 14.7 Å². The average molecular weight is 615 g/mol. The number of aromatic nitrogens is 3. The van der Waals surface area contributed by atoms with Gasteiger partial charge in [-0.05, 0) is 66.2 Å². The largest absolute Gasteiger partial charge is 0.457 e. The van der Waals surface area contributed by atoms with Crippen molar-refractivity contribution in [1.29, 1.82) is 0 Å². The Bertz CT molecular complexity index is 2470. The Morgan fingerprint density at radius 2 is 1.50 bits per heavy atom. The van der Waals surface area contributed by atoms with Crippen molar-refractivity contribution >= 4 is 59.7 Å². The number of aryl methyl sites for hydroxylation is 1. The fourth-order valence-corrected chi connectivity index (χ4v) is 8.08. The molecule has 0 atom stereocenters. The second kappa shape index (κ2) is 10.0. The molecule has 0 amide bonds. The lowest BCUT2D eigenvalue weighted by Gasteiger charge is -2.41. The number of pyridine rings is 1. The monoisotopic (exact) mass is 614 g/mol. The van der Waals surface area contributed by atoms with Gasteiger partial charge in [-0.3, -0.25) is 4.90 Å². The van der Waals surface area contributed by atoms with Gasteiger partial charge >= 0.3 is 0 Å². The molecule has 0 saturated heterocycles. The van der Waals surface area contributed by atoms with Crippen molar-refractivity contribution in [3.8, 4) is 22.9 Å². The summed E-state index contributed by atoms with van der Waals surface area (Å²) in [4.78, 5) is 12.2. The van der Waals surface area contributed by atoms with Gasteiger partial charge in [0.2, 0.25) is 0 Å². The van der Waals surface area contributed by atoms with Gasteiger partial charge in [0.15, 0.2) is 0 Å². The van der Waals surface area contributed by atoms with Crippen molar-refractivity contribution in [2.24, 2.45) is 7.05 Å². The molecule has 6 heteroatoms. The van der Waals surface area contributed by atoms with Crippen molar-refractivity contribution < 1.29 is 4.74 Å². The van der Waals surface area contributed by atoms with Crippen LogP contribution in [0.5, 0.6) is 11.5 Å². The Kier molecular flexibility index (Phi) is 5.86. The Morgan fingerprint density at radius 1 is 0.696 bits per heavy atom. The summed E-state index contributed by atoms with van der Waals surface area (Å²) in [5.41, 5.74) is 7.49. The fraction of sp³-hybridized carbons (Fsp3) is 0.100. The zero-order valence-electron chi connectivity index (χ0n) is 25.7. The van der Waals surface area contributed by atoms with Crippen LogP contribution >= 0.6 is 11.3 Å². The van der Waals surface area contributed by atoms with Crippen LogP contribution in [0.3, 0.4) is 0 Å². The van der Waals surface area contributed by atoms with E-state index in [1.54, 1.807) is 0 Å². The van der Waals surface area contributed by atoms with Gasteiger partial charge in [0.25, 0.3) is 0 Å². The molecule has 0 aliphatic carbocycles. The molecule has 0 saturated carbocycles. The summed E-state index contributed by atoms with van der Waals surface area (Å²) in [6, 6.07) is 42.3. The maximum absolute atomic E-state index is 6.54. The van der Waals surface area contributed by atoms with E-state index < -0.39 is 0 Å². The van der Waals surface area contributed by atoms with E-state index in [1.165, 1.54) is 31.3 Å². The second-order valence-electron chi connectivity index (χ2n) is 12.4. The van der Waals surface area contributed by atoms with E-state index in [0.717, 1.165) is 51.1 Å². The summed E-state index contributed by atoms with van der Waals surface area (Å²) in [5, 5.41) is 2.55. The van der Waals surface area contributed by atoms with Crippen molar-refractivity contribution in [3.05, 3.63) is 139 Å². The molecule has 0 unspecified atom stereocenters. The number of hydrogen-bond donors (Lipinski definition) is 0. The van der Waals surface area contributed by atoms with Crippen LogP contribution in [0.2, 0.25) is 0 Å². The van der Waals surface area contributed by atoms with E-state index in [-0.39, 0.29) is 5.41 Å². The van der Waals surface area contributed by atoms with Gasteiger partial charge < -0.3 is 9.30 Å². The first-order chi connectivity index (χ1) is 22.5. The molecule has 46 heavy (non-hydrogen) atoms. The van der Waals surface area contributed by atoms with E-state index >= 15 is 0 Å². The maximum Gasteiger partial charge on any atom is 0.141 e. The van der Waals surface area contributed by atoms with Crippen molar-refractivity contribution in [3.63, 3.8) is 0 Å². The van der Waals surface area contributed by atoms with Crippen molar-refractivity contribution in [2.75, 3.05) is 4.90 Å². The molecule has 222 valence electrons. The highest BCUT2D eigenvalue weighted by molar-refractivity contribution is 7.25. The smallest absolute Gasteiger partial charge is 0.141 e. The molecule has 0 spiro atoms. The third kappa shape index (κ3) is 4.07. The first-order valence-electron chi connectivity index (χ1n) is 15.5. The number of rotatable bonds is 4. The number of nitrogens with zero attached hydrogens (tertiary/aromatic N) is 4. The Balaban J connectivity index is 1.15. The van der Waals surface area contributed by atoms with Crippen LogP contribution in [-0.4, -0.2) is 14.5 Å². The lowest BCUT2D eigenvalue weighted by Crippen LogP contribution is -2.31. The molecule has 4 heterocycles. The molecule has 0 bridgehead atoms. The Labute approximate surface area is 271 Å². The summed E-state index contributed by atoms with van der Waals surface area (Å²) in [5.74, 6) is 3.36. The molecule has 9 rings (SSSR count). The number of fused-ring (bicyclic) bond motifs is 6. The van der Waals surface area contributed by atoms with Crippen LogP contribution in [0.25, 0.3) is 42.6 Å². The third-order valence-electron chi connectivity index (χ3n) is 9.27. The number of para-hydroxylation sites is 2. The predicted molar refractivity (Wildman–Crippen MR) is 190 cm³/mol. The third-order valence-corrected chi connectivity index (χ3v) is 10.4. The molecular formula is C40H30N4OS. The predicted octanol–water partition coefficient (Wildman–Crippen LogP) is 10.9. The van der Waals surface area contributed by atoms with Gasteiger partial charge in [-0.15, -0.1) is 11.3 Å². The molecule has 0 fully saturated rings. The number of benzene rings is 5. The first kappa shape index (κ1) is 26.9. The van der Waals surface area contributed by atoms with E-state index in [2.05, 4.69) is 109 Å². The minimum Gasteiger partial charge on any atom is -0.457 e. The molecule has 8 aromatic rings. The SMILES string of the molecule is Cn1c(-c2cccc(Oc3cccc(N4c5cc6c(cc5C(C)(C)c5cccnc54)sc4ccccc46)c3)c2)nc2ccccc21. The maximum atomic E-state index is 6.54. The fourth-order valence-electron chi connectivity index (χ4n) is 6.95. The van der Waals surface area contributed by atoms with Gasteiger partial charge in [0, 0.05) is 56.0 Å². The van der Waals surface area contributed by atoms with Gasteiger partial charge in [-0.25, -0.2) is 9.97 Å². The quantitative estimate of drug-likeness (QED) is 0.198. The summed E-state index contributed by atoms with van der Waals surface area (Å²) in [7, 11) is 2.05. The topological polar surface area (TPSA) is 43.2 Å². The molecule has 5 aromatic carbocycles. The number of anilines is 3. The molecule has 1 aliphatic heterocycles. The van der Waals surface area contributed by atoms with Crippen molar-refractivity contribution in [2.45, 2.75) is 19.3 Å². The van der Waals surface area contributed by atoms with Crippen LogP contribution in [0.15, 0.2) is 128 Å². The van der Waals surface area contributed by atoms with E-state index in [1.807, 2.05) is 60.0 Å². The molecule has 1 aliphatic rings. The second-order valence-corrected chi connectivity index (χ2v) is 13.5. The number of ether oxygens (including phenoxy) is 1. The minimum atomic E-state index is -0.218. The van der Waals surface area contributed by atoms with Crippen LogP contribution in [-0.2, 0) is 12.5 Å². The van der Waals surface area contributed by atoms with Crippen LogP contribution in [0.1, 0.15) is 25.0 Å². The zero-order chi connectivity index (χ0) is 31.0. The first-order valence-corrected chi connectivity index (χ1v) is 16.3. The van der Waals surface area contributed by atoms with Crippen LogP contribution in [0, 0.1) is 0 Å². The highest BCUT2D eigenvalue weighted by atomic mass is 32.1.